The largest absolute Gasteiger partial charge is 0.477 e. The van der Waals surface area contributed by atoms with Gasteiger partial charge in [-0.2, -0.15) is 0 Å². The second-order valence-corrected chi connectivity index (χ2v) is 4.70. The number of aromatic carboxylic acids is 1. The summed E-state index contributed by atoms with van der Waals surface area (Å²) in [7, 11) is 0. The summed E-state index contributed by atoms with van der Waals surface area (Å²) in [4.78, 5) is 11.1. The molecule has 0 atom stereocenters. The van der Waals surface area contributed by atoms with Crippen LogP contribution in [0.15, 0.2) is 30.5 Å². The van der Waals surface area contributed by atoms with E-state index in [-0.39, 0.29) is 0 Å². The second-order valence-electron chi connectivity index (χ2n) is 4.70. The van der Waals surface area contributed by atoms with Crippen molar-refractivity contribution in [1.82, 2.24) is 4.57 Å². The van der Waals surface area contributed by atoms with Crippen LogP contribution in [0.5, 0.6) is 0 Å². The number of nitrogens with zero attached hydrogens (tertiary/aromatic N) is 1. The Morgan fingerprint density at radius 3 is 2.39 bits per heavy atom. The summed E-state index contributed by atoms with van der Waals surface area (Å²) < 4.78 is 1.77. The van der Waals surface area contributed by atoms with Crippen molar-refractivity contribution in [2.45, 2.75) is 27.3 Å². The molecule has 0 amide bonds. The Bertz CT molecular complexity index is 573. The van der Waals surface area contributed by atoms with E-state index in [4.69, 9.17) is 5.11 Å². The number of hydrogen-bond acceptors (Lipinski definition) is 1. The fraction of sp³-hybridized carbons (Fsp3) is 0.267. The Balaban J connectivity index is 2.40. The molecular formula is C15H17NO2. The molecule has 3 heteroatoms. The predicted molar refractivity (Wildman–Crippen MR) is 71.1 cm³/mol. The molecule has 1 heterocycles. The molecule has 0 aliphatic carbocycles. The maximum absolute atomic E-state index is 11.1. The van der Waals surface area contributed by atoms with Crippen molar-refractivity contribution in [1.29, 1.82) is 0 Å². The van der Waals surface area contributed by atoms with E-state index in [0.29, 0.717) is 12.2 Å². The zero-order chi connectivity index (χ0) is 13.3. The topological polar surface area (TPSA) is 42.2 Å². The van der Waals surface area contributed by atoms with Crippen molar-refractivity contribution >= 4 is 5.97 Å². The van der Waals surface area contributed by atoms with Gasteiger partial charge in [0.1, 0.15) is 5.69 Å². The predicted octanol–water partition coefficient (Wildman–Crippen LogP) is 3.16. The van der Waals surface area contributed by atoms with Crippen LogP contribution in [0.3, 0.4) is 0 Å². The fourth-order valence-corrected chi connectivity index (χ4v) is 2.38. The van der Waals surface area contributed by atoms with Crippen molar-refractivity contribution in [2.75, 3.05) is 0 Å². The van der Waals surface area contributed by atoms with Crippen LogP contribution in [0, 0.1) is 20.8 Å². The van der Waals surface area contributed by atoms with Crippen molar-refractivity contribution in [3.05, 3.63) is 58.4 Å². The van der Waals surface area contributed by atoms with Gasteiger partial charge >= 0.3 is 5.97 Å². The molecule has 0 bridgehead atoms. The van der Waals surface area contributed by atoms with Gasteiger partial charge in [0, 0.05) is 12.7 Å². The van der Waals surface area contributed by atoms with Gasteiger partial charge in [0.15, 0.2) is 0 Å². The molecule has 2 aromatic rings. The third-order valence-corrected chi connectivity index (χ3v) is 3.22. The molecule has 0 aliphatic rings. The molecule has 18 heavy (non-hydrogen) atoms. The highest BCUT2D eigenvalue weighted by Crippen LogP contribution is 2.18. The second kappa shape index (κ2) is 4.69. The van der Waals surface area contributed by atoms with E-state index >= 15 is 0 Å². The van der Waals surface area contributed by atoms with Crippen LogP contribution in [0.1, 0.15) is 32.7 Å². The molecule has 1 aromatic carbocycles. The van der Waals surface area contributed by atoms with Gasteiger partial charge in [-0.25, -0.2) is 4.79 Å². The molecule has 94 valence electrons. The van der Waals surface area contributed by atoms with Gasteiger partial charge in [-0.3, -0.25) is 0 Å². The SMILES string of the molecule is Cc1cc(C)c(Cn2cccc2C(=O)O)c(C)c1. The van der Waals surface area contributed by atoms with E-state index in [9.17, 15) is 4.79 Å². The number of carboxylic acid groups (broad SMARTS) is 1. The highest BCUT2D eigenvalue weighted by molar-refractivity contribution is 5.85. The summed E-state index contributed by atoms with van der Waals surface area (Å²) in [5, 5.41) is 9.09. The van der Waals surface area contributed by atoms with Crippen LogP contribution >= 0.6 is 0 Å². The number of aromatic nitrogens is 1. The van der Waals surface area contributed by atoms with Gasteiger partial charge in [0.2, 0.25) is 0 Å². The standard InChI is InChI=1S/C15H17NO2/c1-10-7-11(2)13(12(3)8-10)9-16-6-4-5-14(16)15(17)18/h4-8H,9H2,1-3H3,(H,17,18). The number of hydrogen-bond donors (Lipinski definition) is 1. The summed E-state index contributed by atoms with van der Waals surface area (Å²) in [5.41, 5.74) is 5.17. The molecule has 0 fully saturated rings. The summed E-state index contributed by atoms with van der Waals surface area (Å²) in [6, 6.07) is 7.65. The van der Waals surface area contributed by atoms with E-state index in [2.05, 4.69) is 32.9 Å². The Morgan fingerprint density at radius 1 is 1.22 bits per heavy atom. The molecule has 0 saturated heterocycles. The average Bonchev–Trinajstić information content (AvgIpc) is 2.71. The molecule has 1 N–H and O–H groups in total. The molecule has 0 saturated carbocycles. The number of rotatable bonds is 3. The molecule has 0 aliphatic heterocycles. The van der Waals surface area contributed by atoms with Gasteiger partial charge < -0.3 is 9.67 Å². The minimum Gasteiger partial charge on any atom is -0.477 e. The molecule has 0 spiro atoms. The number of carbonyl (C=O) groups is 1. The quantitative estimate of drug-likeness (QED) is 0.899. The Kier molecular flexibility index (Phi) is 3.24. The van der Waals surface area contributed by atoms with Crippen molar-refractivity contribution < 1.29 is 9.90 Å². The fourth-order valence-electron chi connectivity index (χ4n) is 2.38. The molecule has 2 rings (SSSR count). The molecule has 1 aromatic heterocycles. The van der Waals surface area contributed by atoms with Gasteiger partial charge in [-0.15, -0.1) is 0 Å². The van der Waals surface area contributed by atoms with Gasteiger partial charge in [-0.05, 0) is 49.6 Å². The van der Waals surface area contributed by atoms with Crippen molar-refractivity contribution in [2.24, 2.45) is 0 Å². The summed E-state index contributed by atoms with van der Waals surface area (Å²) >= 11 is 0. The van der Waals surface area contributed by atoms with Crippen molar-refractivity contribution in [3.8, 4) is 0 Å². The Labute approximate surface area is 107 Å². The maximum Gasteiger partial charge on any atom is 0.352 e. The van der Waals surface area contributed by atoms with Crippen LogP contribution in [-0.2, 0) is 6.54 Å². The third kappa shape index (κ3) is 2.30. The Hall–Kier alpha value is -2.03. The minimum absolute atomic E-state index is 0.328. The first-order valence-corrected chi connectivity index (χ1v) is 5.94. The zero-order valence-electron chi connectivity index (χ0n) is 10.9. The summed E-state index contributed by atoms with van der Waals surface area (Å²) in [6.07, 6.45) is 1.81. The van der Waals surface area contributed by atoms with E-state index in [1.54, 1.807) is 16.7 Å². The number of aryl methyl sites for hydroxylation is 3. The lowest BCUT2D eigenvalue weighted by Gasteiger charge is -2.13. The first kappa shape index (κ1) is 12.4. The van der Waals surface area contributed by atoms with Crippen LogP contribution in [-0.4, -0.2) is 15.6 Å². The summed E-state index contributed by atoms with van der Waals surface area (Å²) in [6.45, 7) is 6.81. The van der Waals surface area contributed by atoms with E-state index < -0.39 is 5.97 Å². The van der Waals surface area contributed by atoms with Crippen LogP contribution in [0.4, 0.5) is 0 Å². The van der Waals surface area contributed by atoms with Crippen LogP contribution in [0.25, 0.3) is 0 Å². The van der Waals surface area contributed by atoms with Gasteiger partial charge in [-0.1, -0.05) is 17.7 Å². The lowest BCUT2D eigenvalue weighted by atomic mass is 10.00. The molecule has 0 radical (unpaired) electrons. The average molecular weight is 243 g/mol. The lowest BCUT2D eigenvalue weighted by molar-refractivity contribution is 0.0685. The van der Waals surface area contributed by atoms with E-state index in [1.807, 2.05) is 6.20 Å². The molecular weight excluding hydrogens is 226 g/mol. The first-order chi connectivity index (χ1) is 8.49. The minimum atomic E-state index is -0.887. The maximum atomic E-state index is 11.1. The Morgan fingerprint density at radius 2 is 1.83 bits per heavy atom. The van der Waals surface area contributed by atoms with Gasteiger partial charge in [0.25, 0.3) is 0 Å². The number of carboxylic acids is 1. The van der Waals surface area contributed by atoms with Crippen LogP contribution < -0.4 is 0 Å². The monoisotopic (exact) mass is 243 g/mol. The van der Waals surface area contributed by atoms with Crippen molar-refractivity contribution in [3.63, 3.8) is 0 Å². The summed E-state index contributed by atoms with van der Waals surface area (Å²) in [5.74, 6) is -0.887. The normalized spacial score (nSPS) is 10.6. The van der Waals surface area contributed by atoms with E-state index in [0.717, 1.165) is 0 Å². The highest BCUT2D eigenvalue weighted by Gasteiger charge is 2.11. The lowest BCUT2D eigenvalue weighted by Crippen LogP contribution is -2.10. The third-order valence-electron chi connectivity index (χ3n) is 3.22. The number of benzene rings is 1. The first-order valence-electron chi connectivity index (χ1n) is 5.94. The highest BCUT2D eigenvalue weighted by atomic mass is 16.4. The molecule has 3 nitrogen and oxygen atoms in total. The smallest absolute Gasteiger partial charge is 0.352 e. The van der Waals surface area contributed by atoms with Crippen LogP contribution in [0.2, 0.25) is 0 Å². The van der Waals surface area contributed by atoms with E-state index in [1.165, 1.54) is 22.3 Å². The molecule has 0 unspecified atom stereocenters. The van der Waals surface area contributed by atoms with Gasteiger partial charge in [0.05, 0.1) is 0 Å². The zero-order valence-corrected chi connectivity index (χ0v) is 10.9.